The van der Waals surface area contributed by atoms with Crippen molar-refractivity contribution in [1.82, 2.24) is 5.43 Å². The smallest absolute Gasteiger partial charge is 0.244 e. The highest BCUT2D eigenvalue weighted by Gasteiger charge is 2.01. The normalized spacial score (nSPS) is 10.6. The molecule has 0 spiro atoms. The third-order valence-electron chi connectivity index (χ3n) is 2.80. The second-order valence-corrected chi connectivity index (χ2v) is 4.81. The summed E-state index contributed by atoms with van der Waals surface area (Å²) in [5.74, 6) is 0.598. The van der Waals surface area contributed by atoms with Crippen molar-refractivity contribution in [2.24, 2.45) is 5.10 Å². The molecule has 0 aliphatic heterocycles. The van der Waals surface area contributed by atoms with Gasteiger partial charge in [0.1, 0.15) is 5.75 Å². The van der Waals surface area contributed by atoms with Gasteiger partial charge < -0.3 is 4.74 Å². The van der Waals surface area contributed by atoms with Crippen molar-refractivity contribution < 1.29 is 9.53 Å². The summed E-state index contributed by atoms with van der Waals surface area (Å²) in [6.07, 6.45) is 1.84. The van der Waals surface area contributed by atoms with Crippen molar-refractivity contribution >= 4 is 23.7 Å². The summed E-state index contributed by atoms with van der Waals surface area (Å²) in [6.45, 7) is 0. The molecule has 0 bridgehead atoms. The summed E-state index contributed by atoms with van der Waals surface area (Å²) in [4.78, 5) is 11.7. The average Bonchev–Trinajstić information content (AvgIpc) is 2.50. The summed E-state index contributed by atoms with van der Waals surface area (Å²) in [5, 5.41) is 4.57. The van der Waals surface area contributed by atoms with E-state index in [2.05, 4.69) is 10.5 Å². The van der Waals surface area contributed by atoms with E-state index in [0.717, 1.165) is 16.9 Å². The van der Waals surface area contributed by atoms with E-state index in [1.807, 2.05) is 36.4 Å². The Morgan fingerprint density at radius 2 is 1.86 bits per heavy atom. The number of hydrogen-bond acceptors (Lipinski definition) is 3. The number of ether oxygens (including phenoxy) is 1. The number of nitrogens with zero attached hydrogens (tertiary/aromatic N) is 1. The van der Waals surface area contributed by atoms with Gasteiger partial charge in [-0.3, -0.25) is 4.79 Å². The van der Waals surface area contributed by atoms with E-state index >= 15 is 0 Å². The molecule has 0 aliphatic carbocycles. The Labute approximate surface area is 128 Å². The number of methoxy groups -OCH3 is 1. The molecular formula is C16H15ClN2O2. The highest BCUT2D eigenvalue weighted by Crippen LogP contribution is 2.10. The van der Waals surface area contributed by atoms with Gasteiger partial charge in [0.2, 0.25) is 5.91 Å². The van der Waals surface area contributed by atoms with E-state index in [9.17, 15) is 4.79 Å². The predicted molar refractivity (Wildman–Crippen MR) is 83.9 cm³/mol. The summed E-state index contributed by atoms with van der Waals surface area (Å²) in [7, 11) is 1.61. The Kier molecular flexibility index (Phi) is 5.35. The van der Waals surface area contributed by atoms with Crippen molar-refractivity contribution in [2.45, 2.75) is 6.42 Å². The fourth-order valence-electron chi connectivity index (χ4n) is 1.70. The zero-order chi connectivity index (χ0) is 15.1. The molecule has 0 radical (unpaired) electrons. The second-order valence-electron chi connectivity index (χ2n) is 4.37. The van der Waals surface area contributed by atoms with Gasteiger partial charge in [-0.1, -0.05) is 23.7 Å². The fourth-order valence-corrected chi connectivity index (χ4v) is 1.82. The maximum absolute atomic E-state index is 11.7. The molecular weight excluding hydrogens is 288 g/mol. The van der Waals surface area contributed by atoms with Crippen LogP contribution in [0.25, 0.3) is 0 Å². The molecule has 5 heteroatoms. The molecule has 21 heavy (non-hydrogen) atoms. The zero-order valence-corrected chi connectivity index (χ0v) is 12.3. The first-order valence-corrected chi connectivity index (χ1v) is 6.75. The summed E-state index contributed by atoms with van der Waals surface area (Å²) in [6, 6.07) is 14.5. The summed E-state index contributed by atoms with van der Waals surface area (Å²) >= 11 is 5.79. The first kappa shape index (κ1) is 15.1. The van der Waals surface area contributed by atoms with Gasteiger partial charge in [0.15, 0.2) is 0 Å². The highest BCUT2D eigenvalue weighted by molar-refractivity contribution is 6.30. The molecule has 0 unspecified atom stereocenters. The van der Waals surface area contributed by atoms with Crippen LogP contribution in [0.3, 0.4) is 0 Å². The van der Waals surface area contributed by atoms with Crippen LogP contribution in [0.1, 0.15) is 11.1 Å². The lowest BCUT2D eigenvalue weighted by molar-refractivity contribution is -0.120. The zero-order valence-electron chi connectivity index (χ0n) is 11.5. The number of amides is 1. The number of carbonyl (C=O) groups excluding carboxylic acids is 1. The number of benzene rings is 2. The van der Waals surface area contributed by atoms with Gasteiger partial charge >= 0.3 is 0 Å². The molecule has 1 N–H and O–H groups in total. The number of carbonyl (C=O) groups is 1. The predicted octanol–water partition coefficient (Wildman–Crippen LogP) is 3.04. The number of rotatable bonds is 5. The third-order valence-corrected chi connectivity index (χ3v) is 3.05. The maximum atomic E-state index is 11.7. The number of nitrogens with one attached hydrogen (secondary N) is 1. The van der Waals surface area contributed by atoms with E-state index in [1.54, 1.807) is 25.5 Å². The molecule has 108 valence electrons. The van der Waals surface area contributed by atoms with Crippen LogP contribution in [0.5, 0.6) is 5.75 Å². The Hall–Kier alpha value is -2.33. The molecule has 0 saturated heterocycles. The van der Waals surface area contributed by atoms with Crippen molar-refractivity contribution in [1.29, 1.82) is 0 Å². The molecule has 2 aromatic rings. The van der Waals surface area contributed by atoms with Gasteiger partial charge in [-0.2, -0.15) is 5.10 Å². The molecule has 2 aromatic carbocycles. The Morgan fingerprint density at radius 3 is 2.48 bits per heavy atom. The molecule has 0 saturated carbocycles. The van der Waals surface area contributed by atoms with Gasteiger partial charge in [-0.15, -0.1) is 0 Å². The van der Waals surface area contributed by atoms with Gasteiger partial charge in [-0.05, 0) is 47.5 Å². The number of hydrogen-bond donors (Lipinski definition) is 1. The Morgan fingerprint density at radius 1 is 1.19 bits per heavy atom. The van der Waals surface area contributed by atoms with E-state index in [0.29, 0.717) is 5.02 Å². The van der Waals surface area contributed by atoms with E-state index in [-0.39, 0.29) is 12.3 Å². The van der Waals surface area contributed by atoms with Gasteiger partial charge in [0.05, 0.1) is 19.7 Å². The Balaban J connectivity index is 1.85. The van der Waals surface area contributed by atoms with E-state index < -0.39 is 0 Å². The van der Waals surface area contributed by atoms with Crippen molar-refractivity contribution in [3.05, 3.63) is 64.7 Å². The lowest BCUT2D eigenvalue weighted by Gasteiger charge is -2.01. The van der Waals surface area contributed by atoms with Crippen LogP contribution in [0.2, 0.25) is 5.02 Å². The van der Waals surface area contributed by atoms with Crippen molar-refractivity contribution in [2.75, 3.05) is 7.11 Å². The summed E-state index contributed by atoms with van der Waals surface area (Å²) in [5.41, 5.74) is 4.25. The van der Waals surface area contributed by atoms with Crippen LogP contribution in [-0.4, -0.2) is 19.2 Å². The van der Waals surface area contributed by atoms with E-state index in [1.165, 1.54) is 0 Å². The van der Waals surface area contributed by atoms with Crippen LogP contribution in [-0.2, 0) is 11.2 Å². The topological polar surface area (TPSA) is 50.7 Å². The van der Waals surface area contributed by atoms with Crippen LogP contribution in [0.15, 0.2) is 53.6 Å². The molecule has 0 heterocycles. The first-order valence-electron chi connectivity index (χ1n) is 6.38. The lowest BCUT2D eigenvalue weighted by atomic mass is 10.1. The van der Waals surface area contributed by atoms with Crippen LogP contribution in [0.4, 0.5) is 0 Å². The Bertz CT molecular complexity index is 622. The van der Waals surface area contributed by atoms with Gasteiger partial charge in [-0.25, -0.2) is 5.43 Å². The minimum absolute atomic E-state index is 0.179. The molecule has 2 rings (SSSR count). The fraction of sp³-hybridized carbons (Fsp3) is 0.125. The first-order chi connectivity index (χ1) is 10.2. The molecule has 0 aliphatic rings. The summed E-state index contributed by atoms with van der Waals surface area (Å²) < 4.78 is 5.06. The second kappa shape index (κ2) is 7.45. The van der Waals surface area contributed by atoms with Crippen LogP contribution < -0.4 is 10.2 Å². The lowest BCUT2D eigenvalue weighted by Crippen LogP contribution is -2.19. The van der Waals surface area contributed by atoms with Gasteiger partial charge in [0, 0.05) is 5.02 Å². The monoisotopic (exact) mass is 302 g/mol. The van der Waals surface area contributed by atoms with Crippen molar-refractivity contribution in [3.8, 4) is 5.75 Å². The minimum Gasteiger partial charge on any atom is -0.497 e. The van der Waals surface area contributed by atoms with Crippen LogP contribution >= 0.6 is 11.6 Å². The van der Waals surface area contributed by atoms with Gasteiger partial charge in [0.25, 0.3) is 0 Å². The van der Waals surface area contributed by atoms with Crippen molar-refractivity contribution in [3.63, 3.8) is 0 Å². The molecule has 1 amide bonds. The van der Waals surface area contributed by atoms with E-state index in [4.69, 9.17) is 16.3 Å². The quantitative estimate of drug-likeness (QED) is 0.682. The molecule has 0 aromatic heterocycles. The standard InChI is InChI=1S/C16H15ClN2O2/c1-21-15-8-4-13(5-9-15)11-18-19-16(20)10-12-2-6-14(17)7-3-12/h2-9,11H,10H2,1H3,(H,19,20)/b18-11-. The molecule has 0 fully saturated rings. The maximum Gasteiger partial charge on any atom is 0.244 e. The highest BCUT2D eigenvalue weighted by atomic mass is 35.5. The minimum atomic E-state index is -0.179. The molecule has 0 atom stereocenters. The average molecular weight is 303 g/mol. The third kappa shape index (κ3) is 4.93. The number of halogens is 1. The SMILES string of the molecule is COc1ccc(/C=N\NC(=O)Cc2ccc(Cl)cc2)cc1. The van der Waals surface area contributed by atoms with Crippen LogP contribution in [0, 0.1) is 0 Å². The largest absolute Gasteiger partial charge is 0.497 e. The number of hydrazone groups is 1. The molecule has 4 nitrogen and oxygen atoms in total.